The van der Waals surface area contributed by atoms with Crippen LogP contribution in [0.5, 0.6) is 23.0 Å². The molecule has 0 bridgehead atoms. The molecule has 0 saturated carbocycles. The first-order valence-electron chi connectivity index (χ1n) is 9.21. The lowest BCUT2D eigenvalue weighted by Crippen LogP contribution is -1.96. The van der Waals surface area contributed by atoms with E-state index in [0.717, 1.165) is 0 Å². The Morgan fingerprint density at radius 2 is 0.968 bits per heavy atom. The molecule has 0 fully saturated rings. The summed E-state index contributed by atoms with van der Waals surface area (Å²) in [5.74, 6) is 0.623. The summed E-state index contributed by atoms with van der Waals surface area (Å²) in [5, 5.41) is 2.56. The van der Waals surface area contributed by atoms with Crippen LogP contribution in [-0.4, -0.2) is 11.9 Å². The van der Waals surface area contributed by atoms with Gasteiger partial charge in [-0.25, -0.2) is 9.59 Å². The van der Waals surface area contributed by atoms with Crippen molar-refractivity contribution in [1.29, 1.82) is 0 Å². The molecule has 1 aliphatic rings. The molecule has 0 N–H and O–H groups in total. The predicted molar refractivity (Wildman–Crippen MR) is 117 cm³/mol. The van der Waals surface area contributed by atoms with Gasteiger partial charge in [-0.15, -0.1) is 0 Å². The van der Waals surface area contributed by atoms with E-state index in [-0.39, 0.29) is 11.1 Å². The Morgan fingerprint density at radius 3 is 1.35 bits per heavy atom. The number of halogens is 2. The van der Waals surface area contributed by atoms with E-state index >= 15 is 0 Å². The molecule has 7 heteroatoms. The lowest BCUT2D eigenvalue weighted by molar-refractivity contribution is 0.0444. The number of benzene rings is 4. The standard InChI is InChI=1S/C24H12Cl2O5/c25-15-1-5-17(6-2-15)29-21-11-13-9-19-20(24(28)31-23(19)27)10-14(13)12-22(21)30-18-7-3-16(26)4-8-18/h1-12H. The zero-order valence-corrected chi connectivity index (χ0v) is 17.2. The van der Waals surface area contributed by atoms with E-state index < -0.39 is 11.9 Å². The minimum atomic E-state index is -0.663. The van der Waals surface area contributed by atoms with Crippen LogP contribution >= 0.6 is 23.2 Å². The third kappa shape index (κ3) is 3.81. The average Bonchev–Trinajstić information content (AvgIpc) is 3.03. The molecule has 1 aliphatic heterocycles. The summed E-state index contributed by atoms with van der Waals surface area (Å²) in [5.41, 5.74) is 0.447. The van der Waals surface area contributed by atoms with E-state index in [1.807, 2.05) is 0 Å². The molecule has 1 heterocycles. The Hall–Kier alpha value is -3.54. The molecule has 0 aliphatic carbocycles. The van der Waals surface area contributed by atoms with Crippen LogP contribution in [0.15, 0.2) is 72.8 Å². The molecule has 152 valence electrons. The van der Waals surface area contributed by atoms with Gasteiger partial charge in [-0.2, -0.15) is 0 Å². The van der Waals surface area contributed by atoms with Gasteiger partial charge < -0.3 is 14.2 Å². The van der Waals surface area contributed by atoms with Crippen molar-refractivity contribution in [2.45, 2.75) is 0 Å². The van der Waals surface area contributed by atoms with Crippen molar-refractivity contribution < 1.29 is 23.8 Å². The quantitative estimate of drug-likeness (QED) is 0.246. The number of ether oxygens (including phenoxy) is 3. The minimum absolute atomic E-state index is 0.223. The first-order chi connectivity index (χ1) is 15.0. The van der Waals surface area contributed by atoms with Gasteiger partial charge in [-0.3, -0.25) is 0 Å². The van der Waals surface area contributed by atoms with E-state index in [9.17, 15) is 9.59 Å². The molecule has 0 aromatic heterocycles. The van der Waals surface area contributed by atoms with Crippen LogP contribution in [0.4, 0.5) is 0 Å². The van der Waals surface area contributed by atoms with Crippen LogP contribution in [0, 0.1) is 0 Å². The van der Waals surface area contributed by atoms with Gasteiger partial charge in [0.1, 0.15) is 11.5 Å². The van der Waals surface area contributed by atoms with Crippen LogP contribution in [0.3, 0.4) is 0 Å². The first-order valence-corrected chi connectivity index (χ1v) is 9.97. The SMILES string of the molecule is O=C1OC(=O)c2cc3cc(Oc4ccc(Cl)cc4)c(Oc4ccc(Cl)cc4)cc3cc21. The van der Waals surface area contributed by atoms with E-state index in [1.165, 1.54) is 0 Å². The maximum Gasteiger partial charge on any atom is 0.346 e. The monoisotopic (exact) mass is 450 g/mol. The van der Waals surface area contributed by atoms with Crippen molar-refractivity contribution in [2.24, 2.45) is 0 Å². The summed E-state index contributed by atoms with van der Waals surface area (Å²) < 4.78 is 16.8. The molecule has 4 aromatic rings. The number of hydrogen-bond donors (Lipinski definition) is 0. The Kier molecular flexibility index (Phi) is 4.77. The second kappa shape index (κ2) is 7.61. The van der Waals surface area contributed by atoms with E-state index in [0.29, 0.717) is 43.8 Å². The van der Waals surface area contributed by atoms with Crippen LogP contribution in [-0.2, 0) is 4.74 Å². The van der Waals surface area contributed by atoms with Gasteiger partial charge in [0.25, 0.3) is 0 Å². The van der Waals surface area contributed by atoms with Crippen molar-refractivity contribution in [3.8, 4) is 23.0 Å². The second-order valence-corrected chi connectivity index (χ2v) is 7.71. The third-order valence-electron chi connectivity index (χ3n) is 4.75. The fourth-order valence-electron chi connectivity index (χ4n) is 3.26. The maximum absolute atomic E-state index is 11.9. The Balaban J connectivity index is 1.63. The number of hydrogen-bond acceptors (Lipinski definition) is 5. The molecule has 0 spiro atoms. The normalized spacial score (nSPS) is 12.6. The zero-order chi connectivity index (χ0) is 21.5. The highest BCUT2D eigenvalue weighted by molar-refractivity contribution is 6.30. The second-order valence-electron chi connectivity index (χ2n) is 6.83. The third-order valence-corrected chi connectivity index (χ3v) is 5.25. The summed E-state index contributed by atoms with van der Waals surface area (Å²) in [7, 11) is 0. The molecule has 5 rings (SSSR count). The van der Waals surface area contributed by atoms with Crippen molar-refractivity contribution >= 4 is 45.9 Å². The smallest absolute Gasteiger partial charge is 0.346 e. The molecule has 0 unspecified atom stereocenters. The minimum Gasteiger partial charge on any atom is -0.453 e. The summed E-state index contributed by atoms with van der Waals surface area (Å²) in [6, 6.07) is 20.5. The van der Waals surface area contributed by atoms with Gasteiger partial charge in [0.15, 0.2) is 11.5 Å². The number of rotatable bonds is 4. The van der Waals surface area contributed by atoms with Gasteiger partial charge in [-0.1, -0.05) is 23.2 Å². The number of cyclic esters (lactones) is 2. The molecule has 0 amide bonds. The van der Waals surface area contributed by atoms with E-state index in [1.54, 1.807) is 72.8 Å². The molecular weight excluding hydrogens is 439 g/mol. The molecule has 0 saturated heterocycles. The largest absolute Gasteiger partial charge is 0.453 e. The number of fused-ring (bicyclic) bond motifs is 2. The van der Waals surface area contributed by atoms with Crippen LogP contribution in [0.2, 0.25) is 10.0 Å². The van der Waals surface area contributed by atoms with Crippen LogP contribution in [0.25, 0.3) is 10.8 Å². The summed E-state index contributed by atoms with van der Waals surface area (Å²) in [4.78, 5) is 23.9. The summed E-state index contributed by atoms with van der Waals surface area (Å²) in [6.07, 6.45) is 0. The van der Waals surface area contributed by atoms with Gasteiger partial charge in [0, 0.05) is 10.0 Å². The van der Waals surface area contributed by atoms with Crippen molar-refractivity contribution in [3.05, 3.63) is 94.0 Å². The molecule has 0 atom stereocenters. The fraction of sp³-hybridized carbons (Fsp3) is 0. The van der Waals surface area contributed by atoms with Crippen LogP contribution in [0.1, 0.15) is 20.7 Å². The molecule has 5 nitrogen and oxygen atoms in total. The topological polar surface area (TPSA) is 61.8 Å². The number of esters is 2. The van der Waals surface area contributed by atoms with Crippen molar-refractivity contribution in [3.63, 3.8) is 0 Å². The Bertz CT molecular complexity index is 1240. The highest BCUT2D eigenvalue weighted by atomic mass is 35.5. The number of carbonyl (C=O) groups excluding carboxylic acids is 2. The van der Waals surface area contributed by atoms with Crippen molar-refractivity contribution in [2.75, 3.05) is 0 Å². The summed E-state index contributed by atoms with van der Waals surface area (Å²) >= 11 is 11.9. The maximum atomic E-state index is 11.9. The fourth-order valence-corrected chi connectivity index (χ4v) is 3.51. The lowest BCUT2D eigenvalue weighted by Gasteiger charge is -2.14. The summed E-state index contributed by atoms with van der Waals surface area (Å²) in [6.45, 7) is 0. The highest BCUT2D eigenvalue weighted by Gasteiger charge is 2.30. The predicted octanol–water partition coefficient (Wildman–Crippen LogP) is 7.04. The van der Waals surface area contributed by atoms with Crippen molar-refractivity contribution in [1.82, 2.24) is 0 Å². The zero-order valence-electron chi connectivity index (χ0n) is 15.7. The van der Waals surface area contributed by atoms with E-state index in [2.05, 4.69) is 0 Å². The van der Waals surface area contributed by atoms with E-state index in [4.69, 9.17) is 37.4 Å². The number of carbonyl (C=O) groups is 2. The molecule has 31 heavy (non-hydrogen) atoms. The first kappa shape index (κ1) is 19.4. The lowest BCUT2D eigenvalue weighted by atomic mass is 10.0. The van der Waals surface area contributed by atoms with Gasteiger partial charge >= 0.3 is 11.9 Å². The molecular formula is C24H12Cl2O5. The Morgan fingerprint density at radius 1 is 0.581 bits per heavy atom. The highest BCUT2D eigenvalue weighted by Crippen LogP contribution is 2.40. The van der Waals surface area contributed by atoms with Crippen LogP contribution < -0.4 is 9.47 Å². The molecule has 0 radical (unpaired) electrons. The Labute approximate surface area is 186 Å². The van der Waals surface area contributed by atoms with Gasteiger partial charge in [-0.05, 0) is 83.6 Å². The van der Waals surface area contributed by atoms with Gasteiger partial charge in [0.2, 0.25) is 0 Å². The molecule has 4 aromatic carbocycles. The van der Waals surface area contributed by atoms with Gasteiger partial charge in [0.05, 0.1) is 11.1 Å². The average molecular weight is 451 g/mol.